The van der Waals surface area contributed by atoms with E-state index in [0.29, 0.717) is 11.4 Å². The summed E-state index contributed by atoms with van der Waals surface area (Å²) in [7, 11) is 0. The Bertz CT molecular complexity index is 597. The molecule has 1 aromatic heterocycles. The smallest absolute Gasteiger partial charge is 0.222 e. The van der Waals surface area contributed by atoms with Crippen LogP contribution in [0.3, 0.4) is 0 Å². The number of hydrogen-bond acceptors (Lipinski definition) is 7. The predicted molar refractivity (Wildman–Crippen MR) is 74.1 cm³/mol. The molecule has 1 spiro atoms. The van der Waals surface area contributed by atoms with Gasteiger partial charge in [0.25, 0.3) is 0 Å². The van der Waals surface area contributed by atoms with Gasteiger partial charge >= 0.3 is 0 Å². The molecule has 0 saturated carbocycles. The summed E-state index contributed by atoms with van der Waals surface area (Å²) in [4.78, 5) is 15.7. The summed E-state index contributed by atoms with van der Waals surface area (Å²) < 4.78 is 0. The number of nitrogens with zero attached hydrogens (tertiary/aromatic N) is 5. The van der Waals surface area contributed by atoms with E-state index < -0.39 is 0 Å². The fourth-order valence-corrected chi connectivity index (χ4v) is 2.81. The first-order valence-corrected chi connectivity index (χ1v) is 6.61. The van der Waals surface area contributed by atoms with Gasteiger partial charge in [0.2, 0.25) is 5.95 Å². The normalized spacial score (nSPS) is 20.4. The monoisotopic (exact) mass is 272 g/mol. The zero-order valence-electron chi connectivity index (χ0n) is 11.3. The van der Waals surface area contributed by atoms with Crippen LogP contribution in [0, 0.1) is 11.3 Å². The van der Waals surface area contributed by atoms with Gasteiger partial charge in [-0.1, -0.05) is 5.16 Å². The molecule has 2 aliphatic heterocycles. The van der Waals surface area contributed by atoms with Gasteiger partial charge in [-0.25, -0.2) is 4.98 Å². The molecule has 20 heavy (non-hydrogen) atoms. The highest BCUT2D eigenvalue weighted by Crippen LogP contribution is 2.36. The van der Waals surface area contributed by atoms with Gasteiger partial charge in [0, 0.05) is 32.4 Å². The highest BCUT2D eigenvalue weighted by atomic mass is 16.7. The minimum Gasteiger partial charge on any atom is -0.389 e. The van der Waals surface area contributed by atoms with Crippen LogP contribution in [0.5, 0.6) is 0 Å². The van der Waals surface area contributed by atoms with Crippen LogP contribution in [0.25, 0.3) is 0 Å². The largest absolute Gasteiger partial charge is 0.389 e. The van der Waals surface area contributed by atoms with Crippen LogP contribution in [0.15, 0.2) is 11.4 Å². The second-order valence-corrected chi connectivity index (χ2v) is 5.34. The molecule has 0 bridgehead atoms. The van der Waals surface area contributed by atoms with Gasteiger partial charge in [-0.2, -0.15) is 10.2 Å². The lowest BCUT2D eigenvalue weighted by atomic mass is 9.87. The van der Waals surface area contributed by atoms with Crippen molar-refractivity contribution in [2.45, 2.75) is 31.8 Å². The molecular formula is C13H16N6O. The second kappa shape index (κ2) is 4.63. The third kappa shape index (κ3) is 2.13. The van der Waals surface area contributed by atoms with Crippen molar-refractivity contribution in [3.63, 3.8) is 0 Å². The Morgan fingerprint density at radius 2 is 2.20 bits per heavy atom. The van der Waals surface area contributed by atoms with Crippen molar-refractivity contribution in [2.75, 3.05) is 23.7 Å². The molecule has 1 aromatic rings. The van der Waals surface area contributed by atoms with Crippen molar-refractivity contribution in [2.24, 2.45) is 5.16 Å². The Morgan fingerprint density at radius 3 is 2.80 bits per heavy atom. The van der Waals surface area contributed by atoms with Crippen LogP contribution in [0.4, 0.5) is 11.8 Å². The zero-order valence-corrected chi connectivity index (χ0v) is 11.3. The number of aromatic nitrogens is 2. The maximum atomic E-state index is 9.14. The number of hydrogen-bond donors (Lipinski definition) is 1. The summed E-state index contributed by atoms with van der Waals surface area (Å²) >= 11 is 0. The lowest BCUT2D eigenvalue weighted by molar-refractivity contribution is -0.0360. The molecule has 104 valence electrons. The summed E-state index contributed by atoms with van der Waals surface area (Å²) in [6.07, 6.45) is 4.09. The van der Waals surface area contributed by atoms with Crippen molar-refractivity contribution in [1.29, 1.82) is 5.26 Å². The number of nitrogen functional groups attached to an aromatic ring is 1. The lowest BCUT2D eigenvalue weighted by Gasteiger charge is -2.37. The van der Waals surface area contributed by atoms with E-state index in [1.165, 1.54) is 6.20 Å². The van der Waals surface area contributed by atoms with E-state index in [4.69, 9.17) is 15.8 Å². The number of nitrogens with two attached hydrogens (primary N) is 1. The van der Waals surface area contributed by atoms with E-state index >= 15 is 0 Å². The first-order valence-electron chi connectivity index (χ1n) is 6.61. The van der Waals surface area contributed by atoms with Crippen molar-refractivity contribution in [3.8, 4) is 6.07 Å². The Kier molecular flexibility index (Phi) is 2.93. The lowest BCUT2D eigenvalue weighted by Crippen LogP contribution is -2.45. The summed E-state index contributed by atoms with van der Waals surface area (Å²) in [5, 5.41) is 13.2. The molecule has 3 rings (SSSR count). The fraction of sp³-hybridized carbons (Fsp3) is 0.538. The van der Waals surface area contributed by atoms with Gasteiger partial charge in [0.05, 0.1) is 11.9 Å². The van der Waals surface area contributed by atoms with E-state index in [9.17, 15) is 0 Å². The molecule has 0 aliphatic carbocycles. The summed E-state index contributed by atoms with van der Waals surface area (Å²) in [6, 6.07) is 2.11. The van der Waals surface area contributed by atoms with Crippen molar-refractivity contribution >= 4 is 17.5 Å². The Morgan fingerprint density at radius 1 is 1.45 bits per heavy atom. The highest BCUT2D eigenvalue weighted by molar-refractivity contribution is 5.83. The Balaban J connectivity index is 1.76. The summed E-state index contributed by atoms with van der Waals surface area (Å²) in [6.45, 7) is 3.53. The number of piperidine rings is 1. The standard InChI is InChI=1S/C13H16N6O/c1-9-6-13(20-18-9)2-4-19(5-3-13)11-10(7-14)8-16-12(15)17-11/h8H,2-6H2,1H3,(H2,15,16,17). The topological polar surface area (TPSA) is 100 Å². The zero-order chi connectivity index (χ0) is 14.2. The average Bonchev–Trinajstić information content (AvgIpc) is 2.81. The minimum absolute atomic E-state index is 0.161. The molecule has 0 aromatic carbocycles. The Hall–Kier alpha value is -2.36. The van der Waals surface area contributed by atoms with Crippen LogP contribution in [0.1, 0.15) is 31.7 Å². The number of oxime groups is 1. The molecule has 3 heterocycles. The van der Waals surface area contributed by atoms with Crippen molar-refractivity contribution in [3.05, 3.63) is 11.8 Å². The van der Waals surface area contributed by atoms with Gasteiger partial charge in [0.1, 0.15) is 17.2 Å². The highest BCUT2D eigenvalue weighted by Gasteiger charge is 2.41. The number of nitriles is 1. The molecule has 1 fully saturated rings. The quantitative estimate of drug-likeness (QED) is 0.820. The molecular weight excluding hydrogens is 256 g/mol. The van der Waals surface area contributed by atoms with Gasteiger partial charge in [0.15, 0.2) is 5.82 Å². The molecule has 7 nitrogen and oxygen atoms in total. The van der Waals surface area contributed by atoms with Crippen LogP contribution in [0.2, 0.25) is 0 Å². The van der Waals surface area contributed by atoms with Gasteiger partial charge < -0.3 is 15.5 Å². The average molecular weight is 272 g/mol. The van der Waals surface area contributed by atoms with Crippen LogP contribution in [-0.2, 0) is 4.84 Å². The van der Waals surface area contributed by atoms with Crippen LogP contribution >= 0.6 is 0 Å². The van der Waals surface area contributed by atoms with Gasteiger partial charge in [-0.3, -0.25) is 0 Å². The molecule has 0 amide bonds. The summed E-state index contributed by atoms with van der Waals surface area (Å²) in [5.41, 5.74) is 6.96. The van der Waals surface area contributed by atoms with E-state index in [2.05, 4.69) is 26.1 Å². The molecule has 0 unspecified atom stereocenters. The fourth-order valence-electron chi connectivity index (χ4n) is 2.81. The van der Waals surface area contributed by atoms with Gasteiger partial charge in [-0.05, 0) is 6.92 Å². The van der Waals surface area contributed by atoms with Crippen LogP contribution in [-0.4, -0.2) is 34.4 Å². The molecule has 0 atom stereocenters. The van der Waals surface area contributed by atoms with Crippen molar-refractivity contribution in [1.82, 2.24) is 9.97 Å². The second-order valence-electron chi connectivity index (χ2n) is 5.34. The van der Waals surface area contributed by atoms with E-state index in [-0.39, 0.29) is 11.5 Å². The van der Waals surface area contributed by atoms with E-state index in [0.717, 1.165) is 38.1 Å². The molecule has 2 aliphatic rings. The maximum Gasteiger partial charge on any atom is 0.222 e. The molecule has 0 radical (unpaired) electrons. The van der Waals surface area contributed by atoms with E-state index in [1.54, 1.807) is 0 Å². The van der Waals surface area contributed by atoms with E-state index in [1.807, 2.05) is 6.92 Å². The number of anilines is 2. The molecule has 2 N–H and O–H groups in total. The predicted octanol–water partition coefficient (Wildman–Crippen LogP) is 1.07. The third-order valence-corrected chi connectivity index (χ3v) is 3.86. The Labute approximate surface area is 117 Å². The molecule has 1 saturated heterocycles. The maximum absolute atomic E-state index is 9.14. The first-order chi connectivity index (χ1) is 9.62. The SMILES string of the molecule is CC1=NOC2(CCN(c3nc(N)ncc3C#N)CC2)C1. The van der Waals surface area contributed by atoms with Crippen molar-refractivity contribution < 1.29 is 4.84 Å². The van der Waals surface area contributed by atoms with Crippen LogP contribution < -0.4 is 10.6 Å². The summed E-state index contributed by atoms with van der Waals surface area (Å²) in [5.74, 6) is 0.807. The molecule has 7 heteroatoms. The minimum atomic E-state index is -0.161. The first kappa shape index (κ1) is 12.7. The van der Waals surface area contributed by atoms with Gasteiger partial charge in [-0.15, -0.1) is 0 Å². The number of rotatable bonds is 1. The third-order valence-electron chi connectivity index (χ3n) is 3.86.